The summed E-state index contributed by atoms with van der Waals surface area (Å²) >= 11 is 0. The molecule has 1 heterocycles. The number of nitrogens with zero attached hydrogens (tertiary/aromatic N) is 1. The molecule has 212 valence electrons. The highest BCUT2D eigenvalue weighted by atomic mass is 79.9. The van der Waals surface area contributed by atoms with Crippen LogP contribution in [0.1, 0.15) is 72.1 Å². The van der Waals surface area contributed by atoms with E-state index in [1.807, 2.05) is 34.9 Å². The van der Waals surface area contributed by atoms with Gasteiger partial charge in [0, 0.05) is 25.7 Å². The van der Waals surface area contributed by atoms with E-state index in [-0.39, 0.29) is 49.3 Å². The van der Waals surface area contributed by atoms with Crippen LogP contribution >= 0.6 is 0 Å². The monoisotopic (exact) mass is 591 g/mol. The maximum Gasteiger partial charge on any atom is 0.308 e. The molecule has 0 saturated carbocycles. The molecular weight excluding hydrogens is 550 g/mol. The first-order chi connectivity index (χ1) is 17.1. The van der Waals surface area contributed by atoms with Gasteiger partial charge < -0.3 is 45.1 Å². The number of hydrogen-bond donors (Lipinski definition) is 0. The average Bonchev–Trinajstić information content (AvgIpc) is 2.77. The molecule has 0 aliphatic carbocycles. The largest absolute Gasteiger partial charge is 1.00 e. The fourth-order valence-corrected chi connectivity index (χ4v) is 3.64. The van der Waals surface area contributed by atoms with Gasteiger partial charge in [-0.3, -0.25) is 19.2 Å². The molecule has 0 bridgehead atoms. The first-order valence-electron chi connectivity index (χ1n) is 12.7. The fourth-order valence-electron chi connectivity index (χ4n) is 3.64. The molecule has 1 saturated heterocycles. The van der Waals surface area contributed by atoms with E-state index in [9.17, 15) is 19.2 Å². The van der Waals surface area contributed by atoms with Crippen molar-refractivity contribution in [3.05, 3.63) is 0 Å². The summed E-state index contributed by atoms with van der Waals surface area (Å²) in [5.74, 6) is 0.440. The van der Waals surface area contributed by atoms with Crippen LogP contribution in [-0.4, -0.2) is 86.8 Å². The summed E-state index contributed by atoms with van der Waals surface area (Å²) in [6.07, 6.45) is 3.25. The van der Waals surface area contributed by atoms with Crippen molar-refractivity contribution in [1.82, 2.24) is 0 Å². The van der Waals surface area contributed by atoms with Crippen molar-refractivity contribution in [2.24, 2.45) is 0 Å². The van der Waals surface area contributed by atoms with Gasteiger partial charge in [0.05, 0.1) is 33.7 Å². The Morgan fingerprint density at radius 3 is 1.81 bits per heavy atom. The Balaban J connectivity index is 0.0000130. The van der Waals surface area contributed by atoms with Crippen LogP contribution in [0.4, 0.5) is 0 Å². The number of ether oxygens (including phenoxy) is 5. The highest BCUT2D eigenvalue weighted by molar-refractivity contribution is 5.72. The molecule has 0 unspecified atom stereocenters. The fraction of sp³-hybridized carbons (Fsp3) is 0.769. The van der Waals surface area contributed by atoms with Gasteiger partial charge in [0.25, 0.3) is 0 Å². The number of carbonyl (C=O) groups excluding carboxylic acids is 4. The van der Waals surface area contributed by atoms with Gasteiger partial charge in [-0.1, -0.05) is 20.8 Å². The van der Waals surface area contributed by atoms with E-state index in [4.69, 9.17) is 30.1 Å². The van der Waals surface area contributed by atoms with E-state index in [2.05, 4.69) is 5.92 Å². The summed E-state index contributed by atoms with van der Waals surface area (Å²) < 4.78 is 28.4. The molecular formula is C26H42BrNO9. The van der Waals surface area contributed by atoms with Gasteiger partial charge in [0.15, 0.2) is 12.2 Å². The predicted octanol–water partition coefficient (Wildman–Crippen LogP) is -0.485. The molecule has 37 heavy (non-hydrogen) atoms. The van der Waals surface area contributed by atoms with Gasteiger partial charge in [-0.25, -0.2) is 0 Å². The van der Waals surface area contributed by atoms with E-state index in [1.54, 1.807) is 0 Å². The second-order valence-corrected chi connectivity index (χ2v) is 9.50. The third-order valence-corrected chi connectivity index (χ3v) is 5.47. The van der Waals surface area contributed by atoms with Crippen LogP contribution in [0.15, 0.2) is 0 Å². The van der Waals surface area contributed by atoms with E-state index in [1.165, 1.54) is 0 Å². The van der Waals surface area contributed by atoms with Crippen LogP contribution < -0.4 is 17.0 Å². The predicted molar refractivity (Wildman–Crippen MR) is 130 cm³/mol. The summed E-state index contributed by atoms with van der Waals surface area (Å²) in [6.45, 7) is 6.45. The molecule has 4 atom stereocenters. The molecule has 0 aromatic heterocycles. The Morgan fingerprint density at radius 1 is 0.811 bits per heavy atom. The zero-order valence-electron chi connectivity index (χ0n) is 22.7. The highest BCUT2D eigenvalue weighted by Gasteiger charge is 2.49. The molecule has 0 aromatic carbocycles. The Kier molecular flexibility index (Phi) is 17.1. The van der Waals surface area contributed by atoms with Crippen molar-refractivity contribution in [1.29, 1.82) is 0 Å². The zero-order chi connectivity index (χ0) is 27.1. The number of carbonyl (C=O) groups is 4. The topological polar surface area (TPSA) is 114 Å². The minimum absolute atomic E-state index is 0. The third kappa shape index (κ3) is 13.3. The smallest absolute Gasteiger partial charge is 0.308 e. The Labute approximate surface area is 231 Å². The van der Waals surface area contributed by atoms with E-state index < -0.39 is 48.5 Å². The number of terminal acetylenes is 1. The average molecular weight is 593 g/mol. The lowest BCUT2D eigenvalue weighted by Gasteiger charge is -2.40. The minimum atomic E-state index is -1.31. The zero-order valence-corrected chi connectivity index (χ0v) is 24.3. The maximum absolute atomic E-state index is 12.6. The second kappa shape index (κ2) is 18.2. The van der Waals surface area contributed by atoms with Crippen molar-refractivity contribution in [3.63, 3.8) is 0 Å². The lowest BCUT2D eigenvalue weighted by atomic mass is 10.0. The van der Waals surface area contributed by atoms with Gasteiger partial charge in [0.2, 0.25) is 12.4 Å². The normalized spacial score (nSPS) is 21.1. The van der Waals surface area contributed by atoms with Crippen LogP contribution in [0.5, 0.6) is 0 Å². The molecule has 0 N–H and O–H groups in total. The molecule has 10 nitrogen and oxygen atoms in total. The van der Waals surface area contributed by atoms with Gasteiger partial charge in [-0.05, 0) is 25.2 Å². The molecule has 1 aliphatic rings. The Morgan fingerprint density at radius 2 is 1.30 bits per heavy atom. The molecule has 11 heteroatoms. The van der Waals surface area contributed by atoms with E-state index in [0.717, 1.165) is 0 Å². The first kappa shape index (κ1) is 34.8. The summed E-state index contributed by atoms with van der Waals surface area (Å²) in [5, 5.41) is 0. The standard InChI is InChI=1S/C26H42NO9.BrH/c1-7-12-20(28)33-19-18-32-26(36-23(31)15-11-17-27(5,6)16-10-4)25(35-22(30)14-9-3)24(19)34-21(29)13-8-2;/h4,19,24-26H,7-9,11-18H2,1-3,5-6H3;1H/q+1;/p-1/t19-,24-,25+,26-;/m0./s1. The molecule has 0 spiro atoms. The van der Waals surface area contributed by atoms with E-state index >= 15 is 0 Å². The Bertz CT molecular complexity index is 780. The van der Waals surface area contributed by atoms with Crippen LogP contribution in [0.25, 0.3) is 0 Å². The summed E-state index contributed by atoms with van der Waals surface area (Å²) in [4.78, 5) is 49.6. The van der Waals surface area contributed by atoms with Crippen LogP contribution in [0.2, 0.25) is 0 Å². The van der Waals surface area contributed by atoms with Crippen molar-refractivity contribution >= 4 is 23.9 Å². The van der Waals surface area contributed by atoms with Crippen LogP contribution in [0, 0.1) is 12.3 Å². The van der Waals surface area contributed by atoms with Gasteiger partial charge in [-0.15, -0.1) is 6.42 Å². The van der Waals surface area contributed by atoms with Gasteiger partial charge in [0.1, 0.15) is 6.54 Å². The molecule has 1 fully saturated rings. The van der Waals surface area contributed by atoms with Gasteiger partial charge in [-0.2, -0.15) is 0 Å². The van der Waals surface area contributed by atoms with Crippen molar-refractivity contribution in [3.8, 4) is 12.3 Å². The highest BCUT2D eigenvalue weighted by Crippen LogP contribution is 2.27. The Hall–Kier alpha value is -2.16. The number of quaternary nitrogens is 1. The molecule has 0 amide bonds. The first-order valence-corrected chi connectivity index (χ1v) is 12.7. The molecule has 1 rings (SSSR count). The number of hydrogen-bond acceptors (Lipinski definition) is 9. The SMILES string of the molecule is C#CC[N+](C)(C)CCCC(=O)O[C@@H]1OC[C@H](OC(=O)CCC)[C@H](OC(=O)CCC)[C@H]1OC(=O)CCC.[Br-]. The molecule has 0 radical (unpaired) electrons. The van der Waals surface area contributed by atoms with Crippen molar-refractivity contribution in [2.45, 2.75) is 96.7 Å². The van der Waals surface area contributed by atoms with Crippen LogP contribution in [0.3, 0.4) is 0 Å². The van der Waals surface area contributed by atoms with Crippen molar-refractivity contribution in [2.75, 3.05) is 33.8 Å². The number of esters is 4. The lowest BCUT2D eigenvalue weighted by Crippen LogP contribution is -3.00. The number of rotatable bonds is 15. The third-order valence-electron chi connectivity index (χ3n) is 5.47. The summed E-state index contributed by atoms with van der Waals surface area (Å²) in [6, 6.07) is 0. The molecule has 0 aromatic rings. The van der Waals surface area contributed by atoms with Crippen LogP contribution in [-0.2, 0) is 42.9 Å². The maximum atomic E-state index is 12.6. The lowest BCUT2D eigenvalue weighted by molar-refractivity contribution is -0.883. The van der Waals surface area contributed by atoms with E-state index in [0.29, 0.717) is 43.3 Å². The van der Waals surface area contributed by atoms with Gasteiger partial charge >= 0.3 is 23.9 Å². The van der Waals surface area contributed by atoms with Crippen molar-refractivity contribution < 1.29 is 64.3 Å². The second-order valence-electron chi connectivity index (χ2n) is 9.50. The summed E-state index contributed by atoms with van der Waals surface area (Å²) in [5.41, 5.74) is 0. The molecule has 1 aliphatic heterocycles. The minimum Gasteiger partial charge on any atom is -1.00 e. The summed E-state index contributed by atoms with van der Waals surface area (Å²) in [7, 11) is 3.93. The quantitative estimate of drug-likeness (QED) is 0.108. The number of halogens is 1.